The third kappa shape index (κ3) is 3.02. The summed E-state index contributed by atoms with van der Waals surface area (Å²) in [6, 6.07) is 6.39. The summed E-state index contributed by atoms with van der Waals surface area (Å²) in [5, 5.41) is 1.10. The predicted octanol–water partition coefficient (Wildman–Crippen LogP) is 3.86. The van der Waals surface area contributed by atoms with Crippen molar-refractivity contribution < 1.29 is 4.79 Å². The number of thioether (sulfide) groups is 1. The number of hydrogen-bond donors (Lipinski definition) is 0. The number of fused-ring (bicyclic) bond motifs is 1. The molecule has 1 aliphatic heterocycles. The molecule has 1 amide bonds. The van der Waals surface area contributed by atoms with E-state index >= 15 is 0 Å². The van der Waals surface area contributed by atoms with Crippen molar-refractivity contribution in [2.24, 2.45) is 5.92 Å². The molecule has 128 valence electrons. The van der Waals surface area contributed by atoms with Crippen molar-refractivity contribution in [2.45, 2.75) is 30.6 Å². The minimum atomic E-state index is 0.295. The Labute approximate surface area is 151 Å². The standard InChI is InChI=1S/C18H23N3OS2/c1-23-14-7-4-8-15-16(14)19-18(24-15)21-11-9-20(10-12-21)17(22)13-5-2-3-6-13/h4,7-8,13H,2-3,5-6,9-12H2,1H3. The molecule has 2 heterocycles. The van der Waals surface area contributed by atoms with Crippen molar-refractivity contribution in [3.05, 3.63) is 18.2 Å². The molecule has 0 radical (unpaired) electrons. The first-order chi connectivity index (χ1) is 11.8. The van der Waals surface area contributed by atoms with E-state index in [9.17, 15) is 4.79 Å². The van der Waals surface area contributed by atoms with E-state index in [1.807, 2.05) is 0 Å². The normalized spacial score (nSPS) is 19.4. The van der Waals surface area contributed by atoms with Crippen LogP contribution in [-0.2, 0) is 4.79 Å². The zero-order chi connectivity index (χ0) is 16.5. The first kappa shape index (κ1) is 16.2. The quantitative estimate of drug-likeness (QED) is 0.778. The number of hydrogen-bond acceptors (Lipinski definition) is 5. The molecular weight excluding hydrogens is 338 g/mol. The van der Waals surface area contributed by atoms with Crippen LogP contribution in [0, 0.1) is 5.92 Å². The van der Waals surface area contributed by atoms with Crippen LogP contribution in [0.1, 0.15) is 25.7 Å². The lowest BCUT2D eigenvalue weighted by molar-refractivity contribution is -0.135. The van der Waals surface area contributed by atoms with E-state index in [4.69, 9.17) is 4.98 Å². The van der Waals surface area contributed by atoms with Gasteiger partial charge >= 0.3 is 0 Å². The molecule has 0 spiro atoms. The molecule has 2 fully saturated rings. The highest BCUT2D eigenvalue weighted by atomic mass is 32.2. The van der Waals surface area contributed by atoms with Gasteiger partial charge in [0.1, 0.15) is 0 Å². The Balaban J connectivity index is 1.45. The van der Waals surface area contributed by atoms with Gasteiger partial charge in [0.2, 0.25) is 5.91 Å². The lowest BCUT2D eigenvalue weighted by atomic mass is 10.1. The van der Waals surface area contributed by atoms with Gasteiger partial charge in [-0.3, -0.25) is 4.79 Å². The molecule has 0 N–H and O–H groups in total. The first-order valence-corrected chi connectivity index (χ1v) is 10.8. The van der Waals surface area contributed by atoms with Crippen LogP contribution in [0.4, 0.5) is 5.13 Å². The predicted molar refractivity (Wildman–Crippen MR) is 102 cm³/mol. The Hall–Kier alpha value is -1.27. The molecule has 4 nitrogen and oxygen atoms in total. The summed E-state index contributed by atoms with van der Waals surface area (Å²) in [4.78, 5) is 23.1. The van der Waals surface area contributed by atoms with Crippen LogP contribution in [0.3, 0.4) is 0 Å². The lowest BCUT2D eigenvalue weighted by Gasteiger charge is -2.35. The number of carbonyl (C=O) groups is 1. The van der Waals surface area contributed by atoms with E-state index < -0.39 is 0 Å². The van der Waals surface area contributed by atoms with Crippen LogP contribution < -0.4 is 4.90 Å². The fraction of sp³-hybridized carbons (Fsp3) is 0.556. The monoisotopic (exact) mass is 361 g/mol. The van der Waals surface area contributed by atoms with Gasteiger partial charge in [-0.05, 0) is 31.2 Å². The number of piperazine rings is 1. The fourth-order valence-electron chi connectivity index (χ4n) is 3.76. The van der Waals surface area contributed by atoms with Crippen molar-refractivity contribution in [3.8, 4) is 0 Å². The molecule has 2 aromatic rings. The van der Waals surface area contributed by atoms with Gasteiger partial charge in [-0.25, -0.2) is 4.98 Å². The van der Waals surface area contributed by atoms with E-state index in [2.05, 4.69) is 34.3 Å². The third-order valence-electron chi connectivity index (χ3n) is 5.16. The van der Waals surface area contributed by atoms with E-state index in [1.54, 1.807) is 23.1 Å². The summed E-state index contributed by atoms with van der Waals surface area (Å²) in [6.45, 7) is 3.46. The molecule has 24 heavy (non-hydrogen) atoms. The summed E-state index contributed by atoms with van der Waals surface area (Å²) in [5.41, 5.74) is 1.12. The Kier molecular flexibility index (Phi) is 4.68. The molecule has 0 bridgehead atoms. The van der Waals surface area contributed by atoms with E-state index in [0.29, 0.717) is 11.8 Å². The van der Waals surface area contributed by atoms with Gasteiger partial charge in [0.05, 0.1) is 10.2 Å². The van der Waals surface area contributed by atoms with Crippen LogP contribution in [0.25, 0.3) is 10.2 Å². The van der Waals surface area contributed by atoms with Gasteiger partial charge in [-0.15, -0.1) is 11.8 Å². The number of carbonyl (C=O) groups excluding carboxylic acids is 1. The van der Waals surface area contributed by atoms with Gasteiger partial charge < -0.3 is 9.80 Å². The summed E-state index contributed by atoms with van der Waals surface area (Å²) in [6.07, 6.45) is 6.73. The van der Waals surface area contributed by atoms with Gasteiger partial charge in [-0.1, -0.05) is 30.2 Å². The zero-order valence-electron chi connectivity index (χ0n) is 14.0. The molecule has 4 rings (SSSR count). The van der Waals surface area contributed by atoms with Gasteiger partial charge in [-0.2, -0.15) is 0 Å². The van der Waals surface area contributed by atoms with Crippen molar-refractivity contribution >= 4 is 44.4 Å². The molecule has 1 aromatic heterocycles. The average molecular weight is 362 g/mol. The van der Waals surface area contributed by atoms with Crippen molar-refractivity contribution in [2.75, 3.05) is 37.3 Å². The third-order valence-corrected chi connectivity index (χ3v) is 7.01. The number of anilines is 1. The van der Waals surface area contributed by atoms with Crippen molar-refractivity contribution in [3.63, 3.8) is 0 Å². The zero-order valence-corrected chi connectivity index (χ0v) is 15.7. The Morgan fingerprint density at radius 3 is 2.67 bits per heavy atom. The number of nitrogens with zero attached hydrogens (tertiary/aromatic N) is 3. The minimum Gasteiger partial charge on any atom is -0.345 e. The van der Waals surface area contributed by atoms with Gasteiger partial charge in [0.25, 0.3) is 0 Å². The Morgan fingerprint density at radius 2 is 1.96 bits per heavy atom. The van der Waals surface area contributed by atoms with E-state index in [-0.39, 0.29) is 0 Å². The largest absolute Gasteiger partial charge is 0.345 e. The molecule has 2 aliphatic rings. The Bertz CT molecular complexity index is 731. The smallest absolute Gasteiger partial charge is 0.225 e. The molecule has 0 atom stereocenters. The molecular formula is C18H23N3OS2. The van der Waals surface area contributed by atoms with Crippen molar-refractivity contribution in [1.82, 2.24) is 9.88 Å². The Morgan fingerprint density at radius 1 is 1.21 bits per heavy atom. The highest BCUT2D eigenvalue weighted by molar-refractivity contribution is 7.98. The lowest BCUT2D eigenvalue weighted by Crippen LogP contribution is -2.50. The van der Waals surface area contributed by atoms with Crippen LogP contribution in [0.2, 0.25) is 0 Å². The topological polar surface area (TPSA) is 36.4 Å². The second-order valence-corrected chi connectivity index (χ2v) is 8.45. The number of benzene rings is 1. The maximum absolute atomic E-state index is 12.6. The molecule has 6 heteroatoms. The number of rotatable bonds is 3. The maximum atomic E-state index is 12.6. The maximum Gasteiger partial charge on any atom is 0.225 e. The summed E-state index contributed by atoms with van der Waals surface area (Å²) in [5.74, 6) is 0.684. The van der Waals surface area contributed by atoms with Gasteiger partial charge in [0, 0.05) is 37.0 Å². The first-order valence-electron chi connectivity index (χ1n) is 8.73. The SMILES string of the molecule is CSc1cccc2sc(N3CCN(C(=O)C4CCCC4)CC3)nc12. The average Bonchev–Trinajstić information content (AvgIpc) is 3.30. The highest BCUT2D eigenvalue weighted by Crippen LogP contribution is 2.34. The number of thiazole rings is 1. The second-order valence-electron chi connectivity index (χ2n) is 6.60. The molecule has 1 saturated heterocycles. The van der Waals surface area contributed by atoms with Crippen molar-refractivity contribution in [1.29, 1.82) is 0 Å². The fourth-order valence-corrected chi connectivity index (χ4v) is 5.43. The summed E-state index contributed by atoms with van der Waals surface area (Å²) < 4.78 is 1.25. The van der Waals surface area contributed by atoms with E-state index in [0.717, 1.165) is 49.7 Å². The minimum absolute atomic E-state index is 0.295. The number of aromatic nitrogens is 1. The molecule has 1 aliphatic carbocycles. The van der Waals surface area contributed by atoms with E-state index in [1.165, 1.54) is 22.4 Å². The molecule has 1 saturated carbocycles. The number of amides is 1. The van der Waals surface area contributed by atoms with Crippen LogP contribution in [-0.4, -0.2) is 48.2 Å². The van der Waals surface area contributed by atoms with Crippen LogP contribution in [0.15, 0.2) is 23.1 Å². The second kappa shape index (κ2) is 6.92. The summed E-state index contributed by atoms with van der Waals surface area (Å²) in [7, 11) is 0. The van der Waals surface area contributed by atoms with Crippen LogP contribution >= 0.6 is 23.1 Å². The molecule has 1 aromatic carbocycles. The molecule has 0 unspecified atom stereocenters. The number of para-hydroxylation sites is 1. The highest BCUT2D eigenvalue weighted by Gasteiger charge is 2.30. The van der Waals surface area contributed by atoms with Gasteiger partial charge in [0.15, 0.2) is 5.13 Å². The summed E-state index contributed by atoms with van der Waals surface area (Å²) >= 11 is 3.52. The van der Waals surface area contributed by atoms with Crippen LogP contribution in [0.5, 0.6) is 0 Å².